The van der Waals surface area contributed by atoms with Crippen LogP contribution in [0.1, 0.15) is 105 Å². The van der Waals surface area contributed by atoms with Gasteiger partial charge in [0.25, 0.3) is 0 Å². The van der Waals surface area contributed by atoms with Gasteiger partial charge in [-0.1, -0.05) is 51.5 Å². The van der Waals surface area contributed by atoms with E-state index in [0.29, 0.717) is 11.3 Å². The van der Waals surface area contributed by atoms with Crippen molar-refractivity contribution in [2.75, 3.05) is 6.61 Å². The highest BCUT2D eigenvalue weighted by atomic mass is 16.7. The fraction of sp³-hybridized carbons (Fsp3) is 0.886. The van der Waals surface area contributed by atoms with Gasteiger partial charge in [0.05, 0.1) is 12.7 Å². The van der Waals surface area contributed by atoms with Gasteiger partial charge < -0.3 is 29.9 Å². The van der Waals surface area contributed by atoms with E-state index in [9.17, 15) is 20.4 Å². The normalized spacial score (nSPS) is 47.5. The van der Waals surface area contributed by atoms with Crippen LogP contribution in [0.15, 0.2) is 23.8 Å². The smallest absolute Gasteiger partial charge is 0.186 e. The van der Waals surface area contributed by atoms with E-state index in [2.05, 4.69) is 47.3 Å². The molecule has 0 aromatic rings. The summed E-state index contributed by atoms with van der Waals surface area (Å²) in [5, 5.41) is 40.4. The molecule has 1 saturated heterocycles. The van der Waals surface area contributed by atoms with Crippen molar-refractivity contribution in [1.29, 1.82) is 0 Å². The average Bonchev–Trinajstić information content (AvgIpc) is 3.30. The first-order chi connectivity index (χ1) is 19.4. The zero-order valence-electron chi connectivity index (χ0n) is 26.3. The van der Waals surface area contributed by atoms with Crippen LogP contribution in [0.25, 0.3) is 0 Å². The predicted molar refractivity (Wildman–Crippen MR) is 161 cm³/mol. The standard InChI is InChI=1S/C35H58O6/c1-7-22(20(2)3)9-8-21(4)26-12-13-27-25-11-10-23-18-24(14-16-34(23,5)28(25)15-17-35(26,27)6)40-33-32(39)31(38)30(37)29(19-36)41-33/h10,21-22,24-33,36-39H,2,7-9,11-19H2,1,3-6H3/t21-,22-,24+,25?,26?,27?,28?,29?,30?,31?,32?,33?,34+,35-/m1/s1. The highest BCUT2D eigenvalue weighted by molar-refractivity contribution is 5.25. The van der Waals surface area contributed by atoms with Gasteiger partial charge in [-0.3, -0.25) is 0 Å². The van der Waals surface area contributed by atoms with Crippen LogP contribution in [-0.2, 0) is 9.47 Å². The SMILES string of the molecule is C=C(C)[C@H](CC)CC[C@@H](C)C1CCC2C3CC=C4C[C@@H](OC5OC(CO)C(O)C(O)C5O)CC[C@]4(C)C3CC[C@@]21C. The Kier molecular flexibility index (Phi) is 9.51. The van der Waals surface area contributed by atoms with Crippen molar-refractivity contribution in [2.24, 2.45) is 46.3 Å². The Labute approximate surface area is 248 Å². The third-order valence-electron chi connectivity index (χ3n) is 13.2. The minimum atomic E-state index is -1.40. The molecule has 6 nitrogen and oxygen atoms in total. The third kappa shape index (κ3) is 5.64. The summed E-state index contributed by atoms with van der Waals surface area (Å²) in [5.74, 6) is 4.57. The largest absolute Gasteiger partial charge is 0.394 e. The molecule has 234 valence electrons. The summed E-state index contributed by atoms with van der Waals surface area (Å²) >= 11 is 0. The molecule has 0 spiro atoms. The molecule has 4 N–H and O–H groups in total. The Bertz CT molecular complexity index is 962. The molecule has 0 bridgehead atoms. The van der Waals surface area contributed by atoms with Crippen LogP contribution in [0.3, 0.4) is 0 Å². The zero-order valence-corrected chi connectivity index (χ0v) is 26.3. The van der Waals surface area contributed by atoms with Crippen molar-refractivity contribution in [3.8, 4) is 0 Å². The molecule has 0 radical (unpaired) electrons. The van der Waals surface area contributed by atoms with Crippen LogP contribution in [0.2, 0.25) is 0 Å². The quantitative estimate of drug-likeness (QED) is 0.261. The average molecular weight is 575 g/mol. The Morgan fingerprint density at radius 3 is 2.49 bits per heavy atom. The molecule has 1 heterocycles. The van der Waals surface area contributed by atoms with E-state index >= 15 is 0 Å². The fourth-order valence-corrected chi connectivity index (χ4v) is 10.6. The van der Waals surface area contributed by atoms with E-state index in [1.54, 1.807) is 0 Å². The van der Waals surface area contributed by atoms with Crippen molar-refractivity contribution in [1.82, 2.24) is 0 Å². The van der Waals surface area contributed by atoms with Crippen LogP contribution >= 0.6 is 0 Å². The maximum Gasteiger partial charge on any atom is 0.186 e. The zero-order chi connectivity index (χ0) is 29.7. The molecule has 5 rings (SSSR count). The van der Waals surface area contributed by atoms with Crippen molar-refractivity contribution in [2.45, 2.75) is 142 Å². The van der Waals surface area contributed by atoms with Crippen LogP contribution in [0.4, 0.5) is 0 Å². The van der Waals surface area contributed by atoms with Gasteiger partial charge in [0, 0.05) is 0 Å². The Hall–Kier alpha value is -0.760. The van der Waals surface area contributed by atoms with E-state index < -0.39 is 37.3 Å². The maximum absolute atomic E-state index is 10.5. The Morgan fingerprint density at radius 2 is 1.80 bits per heavy atom. The molecular formula is C35H58O6. The van der Waals surface area contributed by atoms with Gasteiger partial charge in [-0.05, 0) is 124 Å². The third-order valence-corrected chi connectivity index (χ3v) is 13.2. The van der Waals surface area contributed by atoms with Gasteiger partial charge in [-0.2, -0.15) is 0 Å². The number of aliphatic hydroxyl groups excluding tert-OH is 4. The topological polar surface area (TPSA) is 99.4 Å². The van der Waals surface area contributed by atoms with E-state index in [0.717, 1.165) is 55.3 Å². The summed E-state index contributed by atoms with van der Waals surface area (Å²) in [4.78, 5) is 0. The van der Waals surface area contributed by atoms with Gasteiger partial charge in [-0.15, -0.1) is 0 Å². The monoisotopic (exact) mass is 574 g/mol. The second kappa shape index (κ2) is 12.3. The molecule has 4 fully saturated rings. The van der Waals surface area contributed by atoms with E-state index in [1.165, 1.54) is 56.1 Å². The van der Waals surface area contributed by atoms with Crippen molar-refractivity contribution < 1.29 is 29.9 Å². The fourth-order valence-electron chi connectivity index (χ4n) is 10.6. The number of ether oxygens (including phenoxy) is 2. The van der Waals surface area contributed by atoms with Crippen LogP contribution in [0.5, 0.6) is 0 Å². The number of fused-ring (bicyclic) bond motifs is 5. The number of hydrogen-bond donors (Lipinski definition) is 4. The number of rotatable bonds is 9. The maximum atomic E-state index is 10.5. The van der Waals surface area contributed by atoms with Crippen molar-refractivity contribution in [3.63, 3.8) is 0 Å². The second-order valence-corrected chi connectivity index (χ2v) is 15.2. The van der Waals surface area contributed by atoms with E-state index in [4.69, 9.17) is 9.47 Å². The number of allylic oxidation sites excluding steroid dienone is 2. The Balaban J connectivity index is 1.24. The van der Waals surface area contributed by atoms with Crippen molar-refractivity contribution >= 4 is 0 Å². The Morgan fingerprint density at radius 1 is 1.05 bits per heavy atom. The highest BCUT2D eigenvalue weighted by Gasteiger charge is 2.59. The molecule has 41 heavy (non-hydrogen) atoms. The molecule has 6 heteroatoms. The molecule has 5 aliphatic rings. The first kappa shape index (κ1) is 31.7. The minimum absolute atomic E-state index is 0.107. The summed E-state index contributed by atoms with van der Waals surface area (Å²) in [5.41, 5.74) is 3.49. The van der Waals surface area contributed by atoms with Gasteiger partial charge in [-0.25, -0.2) is 0 Å². The highest BCUT2D eigenvalue weighted by Crippen LogP contribution is 2.67. The van der Waals surface area contributed by atoms with Crippen LogP contribution < -0.4 is 0 Å². The summed E-state index contributed by atoms with van der Waals surface area (Å²) < 4.78 is 11.9. The van der Waals surface area contributed by atoms with E-state index in [-0.39, 0.29) is 11.5 Å². The summed E-state index contributed by atoms with van der Waals surface area (Å²) in [6.07, 6.45) is 9.51. The van der Waals surface area contributed by atoms with Crippen LogP contribution in [-0.4, -0.2) is 63.8 Å². The van der Waals surface area contributed by atoms with E-state index in [1.807, 2.05) is 0 Å². The molecule has 14 atom stereocenters. The lowest BCUT2D eigenvalue weighted by Crippen LogP contribution is -2.60. The molecule has 1 aliphatic heterocycles. The van der Waals surface area contributed by atoms with Gasteiger partial charge in [0.15, 0.2) is 6.29 Å². The molecule has 0 aromatic heterocycles. The van der Waals surface area contributed by atoms with Crippen molar-refractivity contribution in [3.05, 3.63) is 23.8 Å². The number of aliphatic hydroxyl groups is 4. The van der Waals surface area contributed by atoms with Gasteiger partial charge >= 0.3 is 0 Å². The minimum Gasteiger partial charge on any atom is -0.394 e. The van der Waals surface area contributed by atoms with Crippen LogP contribution in [0, 0.1) is 46.3 Å². The molecular weight excluding hydrogens is 516 g/mol. The summed E-state index contributed by atoms with van der Waals surface area (Å²) in [6, 6.07) is 0. The first-order valence-corrected chi connectivity index (χ1v) is 16.7. The molecule has 0 aromatic carbocycles. The summed E-state index contributed by atoms with van der Waals surface area (Å²) in [6.45, 7) is 16.0. The molecule has 3 saturated carbocycles. The lowest BCUT2D eigenvalue weighted by atomic mass is 9.47. The predicted octanol–water partition coefficient (Wildman–Crippen LogP) is 5.77. The second-order valence-electron chi connectivity index (χ2n) is 15.2. The molecule has 9 unspecified atom stereocenters. The van der Waals surface area contributed by atoms with Gasteiger partial charge in [0.2, 0.25) is 0 Å². The molecule has 0 amide bonds. The summed E-state index contributed by atoms with van der Waals surface area (Å²) in [7, 11) is 0. The van der Waals surface area contributed by atoms with Gasteiger partial charge in [0.1, 0.15) is 24.4 Å². The lowest BCUT2D eigenvalue weighted by Gasteiger charge is -2.58. The lowest BCUT2D eigenvalue weighted by molar-refractivity contribution is -0.313. The number of hydrogen-bond acceptors (Lipinski definition) is 6. The molecule has 4 aliphatic carbocycles. The first-order valence-electron chi connectivity index (χ1n) is 16.7.